The number of carbonyl (C=O) groups is 3. The quantitative estimate of drug-likeness (QED) is 0.843. The normalized spacial score (nSPS) is 20.6. The molecule has 0 bridgehead atoms. The smallest absolute Gasteiger partial charge is 0.326 e. The number of hydrogen-bond acceptors (Lipinski definition) is 4. The van der Waals surface area contributed by atoms with Gasteiger partial charge in [-0.2, -0.15) is 0 Å². The van der Waals surface area contributed by atoms with Gasteiger partial charge in [-0.3, -0.25) is 9.59 Å². The number of carboxylic acid groups (broad SMARTS) is 1. The number of phenolic OH excluding ortho intramolecular Hbond substituents is 1. The second kappa shape index (κ2) is 7.21. The lowest BCUT2D eigenvalue weighted by molar-refractivity contribution is -0.154. The number of carbonyl (C=O) groups excluding carboxylic acids is 2. The molecule has 0 aliphatic carbocycles. The summed E-state index contributed by atoms with van der Waals surface area (Å²) in [4.78, 5) is 39.6. The van der Waals surface area contributed by atoms with Crippen LogP contribution in [0.15, 0.2) is 18.2 Å². The molecule has 2 aliphatic heterocycles. The minimum Gasteiger partial charge on any atom is -0.508 e. The molecule has 1 aromatic carbocycles. The predicted octanol–water partition coefficient (Wildman–Crippen LogP) is 2.02. The zero-order valence-electron chi connectivity index (χ0n) is 15.8. The van der Waals surface area contributed by atoms with E-state index in [1.165, 1.54) is 4.90 Å². The minimum atomic E-state index is -0.993. The maximum Gasteiger partial charge on any atom is 0.326 e. The molecule has 7 nitrogen and oxygen atoms in total. The van der Waals surface area contributed by atoms with E-state index in [0.717, 1.165) is 19.3 Å². The van der Waals surface area contributed by atoms with Crippen LogP contribution in [0, 0.1) is 12.3 Å². The Kier molecular flexibility index (Phi) is 5.13. The SMILES string of the molecule is Cc1c(O)cccc1C(=O)N1CCC2(CCC(=O)N([C@@H](C)C(=O)O)C2)CC1. The lowest BCUT2D eigenvalue weighted by Gasteiger charge is -2.48. The number of aromatic hydroxyl groups is 1. The monoisotopic (exact) mass is 374 g/mol. The van der Waals surface area contributed by atoms with Crippen molar-refractivity contribution in [2.24, 2.45) is 5.41 Å². The summed E-state index contributed by atoms with van der Waals surface area (Å²) in [5.74, 6) is -1.09. The van der Waals surface area contributed by atoms with E-state index in [0.29, 0.717) is 37.2 Å². The molecule has 2 heterocycles. The second-order valence-electron chi connectivity index (χ2n) is 7.78. The summed E-state index contributed by atoms with van der Waals surface area (Å²) in [5, 5.41) is 19.1. The van der Waals surface area contributed by atoms with E-state index in [9.17, 15) is 24.6 Å². The Morgan fingerprint density at radius 2 is 1.85 bits per heavy atom. The number of rotatable bonds is 3. The van der Waals surface area contributed by atoms with Gasteiger partial charge in [0, 0.05) is 37.2 Å². The van der Waals surface area contributed by atoms with Crippen molar-refractivity contribution in [1.29, 1.82) is 0 Å². The Hall–Kier alpha value is -2.57. The van der Waals surface area contributed by atoms with Gasteiger partial charge in [0.2, 0.25) is 5.91 Å². The summed E-state index contributed by atoms with van der Waals surface area (Å²) in [6.07, 6.45) is 2.58. The molecule has 2 N–H and O–H groups in total. The molecule has 3 rings (SSSR count). The number of benzene rings is 1. The third-order valence-electron chi connectivity index (χ3n) is 6.17. The third kappa shape index (κ3) is 3.63. The van der Waals surface area contributed by atoms with Gasteiger partial charge in [-0.15, -0.1) is 0 Å². The summed E-state index contributed by atoms with van der Waals surface area (Å²) < 4.78 is 0. The first-order chi connectivity index (χ1) is 12.7. The van der Waals surface area contributed by atoms with Gasteiger partial charge in [0.15, 0.2) is 0 Å². The van der Waals surface area contributed by atoms with Gasteiger partial charge in [-0.05, 0) is 50.7 Å². The van der Waals surface area contributed by atoms with Gasteiger partial charge in [0.1, 0.15) is 11.8 Å². The largest absolute Gasteiger partial charge is 0.508 e. The van der Waals surface area contributed by atoms with Crippen LogP contribution in [0.25, 0.3) is 0 Å². The van der Waals surface area contributed by atoms with E-state index in [1.54, 1.807) is 36.9 Å². The Morgan fingerprint density at radius 1 is 1.19 bits per heavy atom. The number of amides is 2. The molecule has 2 amide bonds. The molecule has 7 heteroatoms. The van der Waals surface area contributed by atoms with Crippen molar-refractivity contribution in [3.63, 3.8) is 0 Å². The van der Waals surface area contributed by atoms with Crippen LogP contribution in [0.1, 0.15) is 48.5 Å². The molecule has 1 atom stereocenters. The van der Waals surface area contributed by atoms with Crippen molar-refractivity contribution in [2.75, 3.05) is 19.6 Å². The zero-order valence-corrected chi connectivity index (χ0v) is 15.8. The van der Waals surface area contributed by atoms with E-state index in [-0.39, 0.29) is 23.0 Å². The van der Waals surface area contributed by atoms with Crippen LogP contribution in [0.3, 0.4) is 0 Å². The van der Waals surface area contributed by atoms with Crippen molar-refractivity contribution < 1.29 is 24.6 Å². The molecular formula is C20H26N2O5. The van der Waals surface area contributed by atoms with Crippen LogP contribution in [-0.2, 0) is 9.59 Å². The molecule has 2 saturated heterocycles. The molecule has 2 fully saturated rings. The summed E-state index contributed by atoms with van der Waals surface area (Å²) >= 11 is 0. The van der Waals surface area contributed by atoms with Crippen molar-refractivity contribution in [3.8, 4) is 5.75 Å². The topological polar surface area (TPSA) is 98.2 Å². The van der Waals surface area contributed by atoms with Crippen LogP contribution >= 0.6 is 0 Å². The summed E-state index contributed by atoms with van der Waals surface area (Å²) in [7, 11) is 0. The van der Waals surface area contributed by atoms with Gasteiger partial charge in [-0.25, -0.2) is 4.79 Å². The lowest BCUT2D eigenvalue weighted by Crippen LogP contribution is -2.55. The van der Waals surface area contributed by atoms with E-state index in [2.05, 4.69) is 0 Å². The Labute approximate surface area is 158 Å². The molecule has 1 aromatic rings. The molecule has 1 spiro atoms. The second-order valence-corrected chi connectivity index (χ2v) is 7.78. The van der Waals surface area contributed by atoms with Gasteiger partial charge in [0.05, 0.1) is 0 Å². The third-order valence-corrected chi connectivity index (χ3v) is 6.17. The predicted molar refractivity (Wildman–Crippen MR) is 98.5 cm³/mol. The first-order valence-corrected chi connectivity index (χ1v) is 9.34. The van der Waals surface area contributed by atoms with Gasteiger partial charge in [-0.1, -0.05) is 6.07 Å². The maximum atomic E-state index is 12.8. The molecule has 2 aliphatic rings. The number of piperidine rings is 2. The molecule has 146 valence electrons. The molecule has 0 unspecified atom stereocenters. The maximum absolute atomic E-state index is 12.8. The number of likely N-dealkylation sites (tertiary alicyclic amines) is 2. The van der Waals surface area contributed by atoms with Crippen molar-refractivity contribution >= 4 is 17.8 Å². The van der Waals surface area contributed by atoms with Crippen LogP contribution < -0.4 is 0 Å². The number of hydrogen-bond donors (Lipinski definition) is 2. The average molecular weight is 374 g/mol. The lowest BCUT2D eigenvalue weighted by atomic mass is 9.72. The van der Waals surface area contributed by atoms with Gasteiger partial charge >= 0.3 is 5.97 Å². The minimum absolute atomic E-state index is 0.0964. The van der Waals surface area contributed by atoms with Crippen LogP contribution in [-0.4, -0.2) is 63.5 Å². The Balaban J connectivity index is 1.69. The van der Waals surface area contributed by atoms with E-state index >= 15 is 0 Å². The Bertz CT molecular complexity index is 768. The highest BCUT2D eigenvalue weighted by Crippen LogP contribution is 2.41. The van der Waals surface area contributed by atoms with Crippen molar-refractivity contribution in [3.05, 3.63) is 29.3 Å². The highest BCUT2D eigenvalue weighted by atomic mass is 16.4. The summed E-state index contributed by atoms with van der Waals surface area (Å²) in [5.41, 5.74) is 0.959. The van der Waals surface area contributed by atoms with Crippen LogP contribution in [0.5, 0.6) is 5.75 Å². The number of phenols is 1. The highest BCUT2D eigenvalue weighted by molar-refractivity contribution is 5.96. The highest BCUT2D eigenvalue weighted by Gasteiger charge is 2.44. The van der Waals surface area contributed by atoms with E-state index < -0.39 is 12.0 Å². The summed E-state index contributed by atoms with van der Waals surface area (Å²) in [6, 6.07) is 4.12. The van der Waals surface area contributed by atoms with Gasteiger partial charge < -0.3 is 20.0 Å². The number of nitrogens with zero attached hydrogens (tertiary/aromatic N) is 2. The zero-order chi connectivity index (χ0) is 19.8. The molecule has 0 saturated carbocycles. The molecule has 27 heavy (non-hydrogen) atoms. The standard InChI is InChI=1S/C20H26N2O5/c1-13-15(4-3-5-16(13)23)18(25)21-10-8-20(9-11-21)7-6-17(24)22(12-20)14(2)19(26)27/h3-5,14,23H,6-12H2,1-2H3,(H,26,27)/t14-/m0/s1. The fraction of sp³-hybridized carbons (Fsp3) is 0.550. The molecular weight excluding hydrogens is 348 g/mol. The molecule has 0 aromatic heterocycles. The van der Waals surface area contributed by atoms with E-state index in [1.807, 2.05) is 0 Å². The molecule has 0 radical (unpaired) electrons. The van der Waals surface area contributed by atoms with Gasteiger partial charge in [0.25, 0.3) is 5.91 Å². The fourth-order valence-electron chi connectivity index (χ4n) is 4.15. The summed E-state index contributed by atoms with van der Waals surface area (Å²) in [6.45, 7) is 4.84. The fourth-order valence-corrected chi connectivity index (χ4v) is 4.15. The average Bonchev–Trinajstić information content (AvgIpc) is 2.65. The number of carboxylic acids is 1. The van der Waals surface area contributed by atoms with Crippen molar-refractivity contribution in [1.82, 2.24) is 9.80 Å². The first kappa shape index (κ1) is 19.2. The van der Waals surface area contributed by atoms with Crippen molar-refractivity contribution in [2.45, 2.75) is 45.6 Å². The van der Waals surface area contributed by atoms with Crippen LogP contribution in [0.4, 0.5) is 0 Å². The number of aliphatic carboxylic acids is 1. The first-order valence-electron chi connectivity index (χ1n) is 9.34. The van der Waals surface area contributed by atoms with E-state index in [4.69, 9.17) is 0 Å². The van der Waals surface area contributed by atoms with Crippen LogP contribution in [0.2, 0.25) is 0 Å². The Morgan fingerprint density at radius 3 is 2.48 bits per heavy atom.